The summed E-state index contributed by atoms with van der Waals surface area (Å²) in [4.78, 5) is 15.2. The molecular weight excluding hydrogens is 455 g/mol. The Balaban J connectivity index is 0.00000364. The number of guanidine groups is 1. The molecule has 1 aliphatic rings. The number of benzene rings is 1. The summed E-state index contributed by atoms with van der Waals surface area (Å²) in [6, 6.07) is 8.12. The zero-order chi connectivity index (χ0) is 18.8. The lowest BCUT2D eigenvalue weighted by Gasteiger charge is -2.30. The first-order valence-corrected chi connectivity index (χ1v) is 9.58. The minimum absolute atomic E-state index is 0. The van der Waals surface area contributed by atoms with Crippen LogP contribution in [0.1, 0.15) is 51.0 Å². The van der Waals surface area contributed by atoms with E-state index < -0.39 is 5.91 Å². The van der Waals surface area contributed by atoms with E-state index in [1.54, 1.807) is 7.05 Å². The van der Waals surface area contributed by atoms with E-state index in [9.17, 15) is 4.79 Å². The normalized spacial score (nSPS) is 19.7. The second kappa shape index (κ2) is 12.8. The molecule has 152 valence electrons. The van der Waals surface area contributed by atoms with Crippen LogP contribution in [0, 0.1) is 5.92 Å². The Morgan fingerprint density at radius 3 is 2.67 bits per heavy atom. The van der Waals surface area contributed by atoms with Crippen molar-refractivity contribution in [1.29, 1.82) is 0 Å². The van der Waals surface area contributed by atoms with E-state index >= 15 is 0 Å². The average Bonchev–Trinajstić information content (AvgIpc) is 2.65. The zero-order valence-electron chi connectivity index (χ0n) is 16.4. The highest BCUT2D eigenvalue weighted by atomic mass is 127. The van der Waals surface area contributed by atoms with Gasteiger partial charge in [0.05, 0.1) is 0 Å². The van der Waals surface area contributed by atoms with Crippen LogP contribution in [0.25, 0.3) is 0 Å². The second-order valence-electron chi connectivity index (χ2n) is 6.98. The summed E-state index contributed by atoms with van der Waals surface area (Å²) in [6.07, 6.45) is 7.68. The standard InChI is InChI=1S/C20H32N4O2.HI/c1-3-5-15-8-10-17(11-9-15)24-20(22-2)23-13-16-6-4-7-18(12-16)26-14-19(21)25;/h4,6-7,12,15,17H,3,5,8-11,13-14H2,1-2H3,(H2,21,25)(H2,22,23,24);1H. The van der Waals surface area contributed by atoms with E-state index in [0.717, 1.165) is 17.4 Å². The molecule has 0 unspecified atom stereocenters. The number of hydrogen-bond acceptors (Lipinski definition) is 3. The van der Waals surface area contributed by atoms with Crippen LogP contribution in [0.2, 0.25) is 0 Å². The van der Waals surface area contributed by atoms with E-state index in [4.69, 9.17) is 10.5 Å². The van der Waals surface area contributed by atoms with Gasteiger partial charge in [-0.25, -0.2) is 0 Å². The van der Waals surface area contributed by atoms with Gasteiger partial charge in [0, 0.05) is 19.6 Å². The lowest BCUT2D eigenvalue weighted by molar-refractivity contribution is -0.119. The topological polar surface area (TPSA) is 88.7 Å². The van der Waals surface area contributed by atoms with Gasteiger partial charge in [-0.1, -0.05) is 31.9 Å². The number of nitrogens with two attached hydrogens (primary N) is 1. The molecular formula is C20H33IN4O2. The number of carbonyl (C=O) groups excluding carboxylic acids is 1. The Morgan fingerprint density at radius 1 is 1.30 bits per heavy atom. The summed E-state index contributed by atoms with van der Waals surface area (Å²) in [7, 11) is 1.80. The van der Waals surface area contributed by atoms with Crippen LogP contribution >= 0.6 is 24.0 Å². The fraction of sp³-hybridized carbons (Fsp3) is 0.600. The number of aliphatic imine (C=N–C) groups is 1. The molecule has 0 atom stereocenters. The Labute approximate surface area is 179 Å². The molecule has 1 aromatic rings. The van der Waals surface area contributed by atoms with Gasteiger partial charge in [0.25, 0.3) is 5.91 Å². The molecule has 0 radical (unpaired) electrons. The Kier molecular flexibility index (Phi) is 11.2. The summed E-state index contributed by atoms with van der Waals surface area (Å²) in [5, 5.41) is 6.89. The van der Waals surface area contributed by atoms with Crippen LogP contribution in [0.3, 0.4) is 0 Å². The first-order chi connectivity index (χ1) is 12.6. The lowest BCUT2D eigenvalue weighted by Crippen LogP contribution is -2.44. The van der Waals surface area contributed by atoms with Gasteiger partial charge in [0.1, 0.15) is 5.75 Å². The molecule has 1 amide bonds. The molecule has 1 saturated carbocycles. The van der Waals surface area contributed by atoms with Crippen LogP contribution in [0.4, 0.5) is 0 Å². The van der Waals surface area contributed by atoms with Crippen molar-refractivity contribution in [2.75, 3.05) is 13.7 Å². The SMILES string of the molecule is CCCC1CCC(NC(=NC)NCc2cccc(OCC(N)=O)c2)CC1.I. The van der Waals surface area contributed by atoms with Crippen molar-refractivity contribution in [3.8, 4) is 5.75 Å². The molecule has 4 N–H and O–H groups in total. The van der Waals surface area contributed by atoms with Crippen molar-refractivity contribution in [1.82, 2.24) is 10.6 Å². The molecule has 1 fully saturated rings. The first kappa shape index (κ1) is 23.5. The highest BCUT2D eigenvalue weighted by Crippen LogP contribution is 2.27. The molecule has 1 aromatic carbocycles. The fourth-order valence-electron chi connectivity index (χ4n) is 3.48. The van der Waals surface area contributed by atoms with Crippen LogP contribution in [-0.4, -0.2) is 31.6 Å². The van der Waals surface area contributed by atoms with Gasteiger partial charge < -0.3 is 21.1 Å². The van der Waals surface area contributed by atoms with E-state index in [1.165, 1.54) is 38.5 Å². The quantitative estimate of drug-likeness (QED) is 0.298. The number of primary amides is 1. The number of nitrogens with zero attached hydrogens (tertiary/aromatic N) is 1. The minimum atomic E-state index is -0.480. The molecule has 2 rings (SSSR count). The number of hydrogen-bond donors (Lipinski definition) is 3. The second-order valence-corrected chi connectivity index (χ2v) is 6.98. The summed E-state index contributed by atoms with van der Waals surface area (Å²) in [5.74, 6) is 1.88. The number of carbonyl (C=O) groups is 1. The maximum Gasteiger partial charge on any atom is 0.255 e. The molecule has 7 heteroatoms. The van der Waals surface area contributed by atoms with Crippen LogP contribution < -0.4 is 21.1 Å². The van der Waals surface area contributed by atoms with Crippen molar-refractivity contribution in [3.63, 3.8) is 0 Å². The van der Waals surface area contributed by atoms with Gasteiger partial charge in [-0.15, -0.1) is 24.0 Å². The number of nitrogens with one attached hydrogen (secondary N) is 2. The molecule has 0 saturated heterocycles. The van der Waals surface area contributed by atoms with Gasteiger partial charge in [0.15, 0.2) is 12.6 Å². The van der Waals surface area contributed by atoms with Crippen LogP contribution in [-0.2, 0) is 11.3 Å². The van der Waals surface area contributed by atoms with Crippen molar-refractivity contribution < 1.29 is 9.53 Å². The van der Waals surface area contributed by atoms with E-state index in [0.29, 0.717) is 18.3 Å². The predicted octanol–water partition coefficient (Wildman–Crippen LogP) is 3.19. The molecule has 0 aromatic heterocycles. The van der Waals surface area contributed by atoms with Gasteiger partial charge >= 0.3 is 0 Å². The minimum Gasteiger partial charge on any atom is -0.484 e. The number of rotatable bonds is 8. The van der Waals surface area contributed by atoms with Gasteiger partial charge in [-0.05, 0) is 49.3 Å². The number of amides is 1. The Hall–Kier alpha value is -1.51. The predicted molar refractivity (Wildman–Crippen MR) is 121 cm³/mol. The van der Waals surface area contributed by atoms with Crippen molar-refractivity contribution in [2.45, 2.75) is 58.0 Å². The molecule has 1 aliphatic carbocycles. The van der Waals surface area contributed by atoms with Crippen molar-refractivity contribution in [3.05, 3.63) is 29.8 Å². The molecule has 27 heavy (non-hydrogen) atoms. The first-order valence-electron chi connectivity index (χ1n) is 9.58. The number of halogens is 1. The van der Waals surface area contributed by atoms with Crippen molar-refractivity contribution in [2.24, 2.45) is 16.6 Å². The third-order valence-corrected chi connectivity index (χ3v) is 4.85. The fourth-order valence-corrected chi connectivity index (χ4v) is 3.48. The Morgan fingerprint density at radius 2 is 2.04 bits per heavy atom. The van der Waals surface area contributed by atoms with Gasteiger partial charge in [-0.3, -0.25) is 9.79 Å². The lowest BCUT2D eigenvalue weighted by atomic mass is 9.83. The third kappa shape index (κ3) is 8.81. The molecule has 0 bridgehead atoms. The monoisotopic (exact) mass is 488 g/mol. The highest BCUT2D eigenvalue weighted by Gasteiger charge is 2.21. The summed E-state index contributed by atoms with van der Waals surface area (Å²) >= 11 is 0. The maximum absolute atomic E-state index is 10.8. The molecule has 0 aliphatic heterocycles. The largest absolute Gasteiger partial charge is 0.484 e. The molecule has 6 nitrogen and oxygen atoms in total. The van der Waals surface area contributed by atoms with E-state index in [-0.39, 0.29) is 30.6 Å². The van der Waals surface area contributed by atoms with Crippen LogP contribution in [0.15, 0.2) is 29.3 Å². The van der Waals surface area contributed by atoms with Crippen molar-refractivity contribution >= 4 is 35.8 Å². The highest BCUT2D eigenvalue weighted by molar-refractivity contribution is 14.0. The third-order valence-electron chi connectivity index (χ3n) is 4.85. The van der Waals surface area contributed by atoms with Gasteiger partial charge in [-0.2, -0.15) is 0 Å². The summed E-state index contributed by atoms with van der Waals surface area (Å²) < 4.78 is 5.34. The van der Waals surface area contributed by atoms with Gasteiger partial charge in [0.2, 0.25) is 0 Å². The number of ether oxygens (including phenoxy) is 1. The average molecular weight is 488 g/mol. The maximum atomic E-state index is 10.8. The van der Waals surface area contributed by atoms with Crippen LogP contribution in [0.5, 0.6) is 5.75 Å². The van der Waals surface area contributed by atoms with E-state index in [1.807, 2.05) is 24.3 Å². The smallest absolute Gasteiger partial charge is 0.255 e. The zero-order valence-corrected chi connectivity index (χ0v) is 18.7. The van der Waals surface area contributed by atoms with E-state index in [2.05, 4.69) is 22.5 Å². The Bertz CT molecular complexity index is 601. The summed E-state index contributed by atoms with van der Waals surface area (Å²) in [5.41, 5.74) is 6.17. The molecule has 0 heterocycles. The summed E-state index contributed by atoms with van der Waals surface area (Å²) in [6.45, 7) is 2.80. The molecule has 0 spiro atoms.